The average molecular weight is 436 g/mol. The summed E-state index contributed by atoms with van der Waals surface area (Å²) in [4.78, 5) is 17.8. The number of hydrogen-bond acceptors (Lipinski definition) is 4. The molecule has 162 valence electrons. The molecule has 1 N–H and O–H groups in total. The van der Waals surface area contributed by atoms with Gasteiger partial charge in [-0.2, -0.15) is 0 Å². The topological polar surface area (TPSA) is 56.2 Å². The fourth-order valence-electron chi connectivity index (χ4n) is 3.83. The van der Waals surface area contributed by atoms with E-state index < -0.39 is 0 Å². The van der Waals surface area contributed by atoms with Gasteiger partial charge in [-0.3, -0.25) is 4.79 Å². The lowest BCUT2D eigenvalue weighted by Crippen LogP contribution is -2.24. The number of nitrogens with one attached hydrogen (secondary N) is 1. The van der Waals surface area contributed by atoms with Crippen molar-refractivity contribution < 1.29 is 9.53 Å². The van der Waals surface area contributed by atoms with Gasteiger partial charge in [0.05, 0.1) is 23.6 Å². The highest BCUT2D eigenvalue weighted by Crippen LogP contribution is 2.30. The second-order valence-electron chi connectivity index (χ2n) is 7.97. The Bertz CT molecular complexity index is 1040. The number of nitrogens with zero attached hydrogens (tertiary/aromatic N) is 2. The fourth-order valence-corrected chi connectivity index (χ4v) is 4.84. The van der Waals surface area contributed by atoms with Crippen LogP contribution in [-0.4, -0.2) is 33.4 Å². The van der Waals surface area contributed by atoms with Gasteiger partial charge < -0.3 is 14.6 Å². The second-order valence-corrected chi connectivity index (χ2v) is 9.28. The third-order valence-electron chi connectivity index (χ3n) is 5.75. The van der Waals surface area contributed by atoms with E-state index >= 15 is 0 Å². The van der Waals surface area contributed by atoms with E-state index in [4.69, 9.17) is 9.72 Å². The summed E-state index contributed by atoms with van der Waals surface area (Å²) in [5.74, 6) is -0.0321. The van der Waals surface area contributed by atoms with Crippen LogP contribution in [0.2, 0.25) is 0 Å². The van der Waals surface area contributed by atoms with Crippen molar-refractivity contribution in [3.63, 3.8) is 0 Å². The Kier molecular flexibility index (Phi) is 6.78. The zero-order valence-electron chi connectivity index (χ0n) is 18.3. The first-order chi connectivity index (χ1) is 15.0. The van der Waals surface area contributed by atoms with E-state index in [1.807, 2.05) is 56.3 Å². The summed E-state index contributed by atoms with van der Waals surface area (Å²) in [6.45, 7) is 7.66. The molecule has 0 unspecified atom stereocenters. The van der Waals surface area contributed by atoms with E-state index in [0.29, 0.717) is 0 Å². The molecule has 0 saturated carbocycles. The molecule has 1 aliphatic heterocycles. The van der Waals surface area contributed by atoms with Crippen molar-refractivity contribution in [2.75, 3.05) is 11.9 Å². The zero-order valence-corrected chi connectivity index (χ0v) is 19.1. The van der Waals surface area contributed by atoms with Gasteiger partial charge in [-0.1, -0.05) is 60.3 Å². The number of imidazole rings is 1. The first-order valence-electron chi connectivity index (χ1n) is 10.8. The first-order valence-corrected chi connectivity index (χ1v) is 11.7. The van der Waals surface area contributed by atoms with E-state index in [1.165, 1.54) is 11.8 Å². The summed E-state index contributed by atoms with van der Waals surface area (Å²) >= 11 is 1.50. The van der Waals surface area contributed by atoms with E-state index in [2.05, 4.69) is 28.9 Å². The smallest absolute Gasteiger partial charge is 0.237 e. The van der Waals surface area contributed by atoms with Crippen LogP contribution < -0.4 is 5.32 Å². The highest BCUT2D eigenvalue weighted by Gasteiger charge is 2.23. The van der Waals surface area contributed by atoms with Gasteiger partial charge in [-0.15, -0.1) is 0 Å². The van der Waals surface area contributed by atoms with E-state index in [0.717, 1.165) is 59.4 Å². The number of amides is 1. The summed E-state index contributed by atoms with van der Waals surface area (Å²) in [7, 11) is 0. The number of aromatic nitrogens is 2. The van der Waals surface area contributed by atoms with Crippen molar-refractivity contribution in [3.8, 4) is 11.1 Å². The molecule has 5 nitrogen and oxygen atoms in total. The number of hydrogen-bond donors (Lipinski definition) is 1. The molecule has 1 amide bonds. The molecule has 2 heterocycles. The van der Waals surface area contributed by atoms with Crippen molar-refractivity contribution in [2.45, 2.75) is 56.7 Å². The summed E-state index contributed by atoms with van der Waals surface area (Å²) in [6.07, 6.45) is 2.42. The quantitative estimate of drug-likeness (QED) is 0.500. The molecule has 0 aliphatic carbocycles. The number of benzene rings is 2. The molecule has 1 aromatic heterocycles. The number of rotatable bonds is 7. The average Bonchev–Trinajstić information content (AvgIpc) is 3.39. The molecular weight excluding hydrogens is 406 g/mol. The summed E-state index contributed by atoms with van der Waals surface area (Å²) in [5, 5.41) is 3.72. The van der Waals surface area contributed by atoms with E-state index in [-0.39, 0.29) is 17.3 Å². The van der Waals surface area contributed by atoms with Gasteiger partial charge in [0, 0.05) is 23.6 Å². The standard InChI is InChI=1S/C25H29N3O2S/c1-17-18(2)28(16-21-12-9-15-30-21)25(26-17)31-19(3)24(29)27-23-14-8-7-13-22(23)20-10-5-4-6-11-20/h4-8,10-11,13-14,19,21H,9,12,15-16H2,1-3H3,(H,27,29)/t19-,21-/m1/s1. The number of anilines is 1. The van der Waals surface area contributed by atoms with Crippen molar-refractivity contribution in [2.24, 2.45) is 0 Å². The lowest BCUT2D eigenvalue weighted by atomic mass is 10.0. The third-order valence-corrected chi connectivity index (χ3v) is 6.84. The number of thioether (sulfide) groups is 1. The molecule has 1 fully saturated rings. The SMILES string of the molecule is Cc1nc(S[C@H](C)C(=O)Nc2ccccc2-c2ccccc2)n(C[C@H]2CCCO2)c1C. The zero-order chi connectivity index (χ0) is 21.8. The van der Waals surface area contributed by atoms with Gasteiger partial charge in [0.15, 0.2) is 5.16 Å². The summed E-state index contributed by atoms with van der Waals surface area (Å²) in [5.41, 5.74) is 5.06. The van der Waals surface area contributed by atoms with Gasteiger partial charge >= 0.3 is 0 Å². The first kappa shape index (κ1) is 21.7. The Morgan fingerprint density at radius 2 is 1.94 bits per heavy atom. The number of carbonyl (C=O) groups is 1. The van der Waals surface area contributed by atoms with Crippen LogP contribution in [-0.2, 0) is 16.1 Å². The van der Waals surface area contributed by atoms with Crippen LogP contribution in [0, 0.1) is 13.8 Å². The number of ether oxygens (including phenoxy) is 1. The molecule has 4 rings (SSSR count). The minimum Gasteiger partial charge on any atom is -0.376 e. The molecule has 1 aliphatic rings. The molecular formula is C25H29N3O2S. The maximum atomic E-state index is 13.1. The Hall–Kier alpha value is -2.57. The monoisotopic (exact) mass is 435 g/mol. The maximum absolute atomic E-state index is 13.1. The Labute approximate surface area is 188 Å². The van der Waals surface area contributed by atoms with Crippen molar-refractivity contribution >= 4 is 23.4 Å². The van der Waals surface area contributed by atoms with Crippen LogP contribution in [0.4, 0.5) is 5.69 Å². The lowest BCUT2D eigenvalue weighted by Gasteiger charge is -2.17. The predicted octanol–water partition coefficient (Wildman–Crippen LogP) is 5.47. The predicted molar refractivity (Wildman–Crippen MR) is 127 cm³/mol. The minimum atomic E-state index is -0.284. The highest BCUT2D eigenvalue weighted by molar-refractivity contribution is 8.00. The second kappa shape index (κ2) is 9.71. The normalized spacial score (nSPS) is 16.9. The van der Waals surface area contributed by atoms with Crippen LogP contribution >= 0.6 is 11.8 Å². The van der Waals surface area contributed by atoms with Gasteiger partial charge in [0.25, 0.3) is 0 Å². The number of para-hydroxylation sites is 1. The minimum absolute atomic E-state index is 0.0321. The van der Waals surface area contributed by atoms with Crippen LogP contribution in [0.1, 0.15) is 31.2 Å². The third kappa shape index (κ3) is 5.02. The Morgan fingerprint density at radius 3 is 2.68 bits per heavy atom. The van der Waals surface area contributed by atoms with Crippen LogP contribution in [0.3, 0.4) is 0 Å². The largest absolute Gasteiger partial charge is 0.376 e. The van der Waals surface area contributed by atoms with Crippen molar-refractivity contribution in [1.82, 2.24) is 9.55 Å². The number of aryl methyl sites for hydroxylation is 1. The molecule has 1 saturated heterocycles. The highest BCUT2D eigenvalue weighted by atomic mass is 32.2. The van der Waals surface area contributed by atoms with Gasteiger partial charge in [0.1, 0.15) is 0 Å². The van der Waals surface area contributed by atoms with Crippen LogP contribution in [0.15, 0.2) is 59.8 Å². The Balaban J connectivity index is 1.49. The molecule has 2 aromatic carbocycles. The van der Waals surface area contributed by atoms with Crippen molar-refractivity contribution in [1.29, 1.82) is 0 Å². The van der Waals surface area contributed by atoms with Gasteiger partial charge in [-0.05, 0) is 45.2 Å². The van der Waals surface area contributed by atoms with E-state index in [9.17, 15) is 4.79 Å². The molecule has 0 spiro atoms. The molecule has 6 heteroatoms. The van der Waals surface area contributed by atoms with Gasteiger partial charge in [0.2, 0.25) is 5.91 Å². The van der Waals surface area contributed by atoms with E-state index in [1.54, 1.807) is 0 Å². The summed E-state index contributed by atoms with van der Waals surface area (Å²) in [6, 6.07) is 18.0. The van der Waals surface area contributed by atoms with Crippen molar-refractivity contribution in [3.05, 3.63) is 66.0 Å². The molecule has 31 heavy (non-hydrogen) atoms. The Morgan fingerprint density at radius 1 is 1.19 bits per heavy atom. The number of carbonyl (C=O) groups excluding carboxylic acids is 1. The lowest BCUT2D eigenvalue weighted by molar-refractivity contribution is -0.115. The van der Waals surface area contributed by atoms with Crippen LogP contribution in [0.25, 0.3) is 11.1 Å². The molecule has 0 radical (unpaired) electrons. The fraction of sp³-hybridized carbons (Fsp3) is 0.360. The summed E-state index contributed by atoms with van der Waals surface area (Å²) < 4.78 is 8.03. The molecule has 0 bridgehead atoms. The maximum Gasteiger partial charge on any atom is 0.237 e. The van der Waals surface area contributed by atoms with Crippen LogP contribution in [0.5, 0.6) is 0 Å². The molecule has 2 atom stereocenters. The molecule has 3 aromatic rings. The van der Waals surface area contributed by atoms with Gasteiger partial charge in [-0.25, -0.2) is 4.98 Å².